The van der Waals surface area contributed by atoms with E-state index in [4.69, 9.17) is 4.74 Å². The average molecular weight is 312 g/mol. The first-order valence-corrected chi connectivity index (χ1v) is 6.48. The Labute approximate surface area is 116 Å². The molecule has 0 aliphatic carbocycles. The summed E-state index contributed by atoms with van der Waals surface area (Å²) in [6, 6.07) is 5.26. The van der Waals surface area contributed by atoms with E-state index in [1.807, 2.05) is 20.8 Å². The summed E-state index contributed by atoms with van der Waals surface area (Å²) >= 11 is 3.39. The van der Waals surface area contributed by atoms with Crippen molar-refractivity contribution in [3.8, 4) is 5.75 Å². The van der Waals surface area contributed by atoms with Crippen molar-refractivity contribution in [1.29, 1.82) is 0 Å². The molecule has 0 aromatic heterocycles. The molecule has 0 aliphatic rings. The van der Waals surface area contributed by atoms with Crippen LogP contribution >= 0.6 is 15.9 Å². The highest BCUT2D eigenvalue weighted by atomic mass is 79.9. The van der Waals surface area contributed by atoms with Crippen LogP contribution in [-0.2, 0) is 0 Å². The molecule has 1 N–H and O–H groups in total. The van der Waals surface area contributed by atoms with Crippen LogP contribution in [0.25, 0.3) is 0 Å². The van der Waals surface area contributed by atoms with Gasteiger partial charge in [0.05, 0.1) is 4.47 Å². The Morgan fingerprint density at radius 2 is 2.17 bits per heavy atom. The summed E-state index contributed by atoms with van der Waals surface area (Å²) in [4.78, 5) is 11.9. The van der Waals surface area contributed by atoms with E-state index in [0.29, 0.717) is 17.9 Å². The van der Waals surface area contributed by atoms with Crippen molar-refractivity contribution in [3.63, 3.8) is 0 Å². The second kappa shape index (κ2) is 6.05. The minimum Gasteiger partial charge on any atom is -0.488 e. The maximum Gasteiger partial charge on any atom is 0.251 e. The molecule has 0 atom stereocenters. The molecule has 0 saturated heterocycles. The van der Waals surface area contributed by atoms with Crippen LogP contribution in [0.1, 0.15) is 31.1 Å². The second-order valence-electron chi connectivity index (χ2n) is 4.95. The Bertz CT molecular complexity index is 450. The molecule has 0 fully saturated rings. The van der Waals surface area contributed by atoms with Gasteiger partial charge in [0, 0.05) is 11.1 Å². The first kappa shape index (κ1) is 14.8. The Morgan fingerprint density at radius 3 is 2.67 bits per heavy atom. The highest BCUT2D eigenvalue weighted by molar-refractivity contribution is 9.10. The van der Waals surface area contributed by atoms with Crippen LogP contribution in [0.5, 0.6) is 5.75 Å². The summed E-state index contributed by atoms with van der Waals surface area (Å²) in [6.07, 6.45) is 1.67. The lowest BCUT2D eigenvalue weighted by molar-refractivity contribution is 0.0919. The van der Waals surface area contributed by atoms with Crippen molar-refractivity contribution < 1.29 is 9.53 Å². The van der Waals surface area contributed by atoms with Crippen LogP contribution in [0.4, 0.5) is 0 Å². The highest BCUT2D eigenvalue weighted by Gasteiger charge is 2.16. The van der Waals surface area contributed by atoms with E-state index in [2.05, 4.69) is 27.8 Å². The van der Waals surface area contributed by atoms with Gasteiger partial charge >= 0.3 is 0 Å². The molecular weight excluding hydrogens is 294 g/mol. The molecular formula is C14H18BrNO2. The number of ether oxygens (including phenoxy) is 1. The van der Waals surface area contributed by atoms with Gasteiger partial charge < -0.3 is 10.1 Å². The van der Waals surface area contributed by atoms with E-state index < -0.39 is 0 Å². The van der Waals surface area contributed by atoms with Crippen LogP contribution in [0, 0.1) is 0 Å². The molecule has 4 heteroatoms. The second-order valence-corrected chi connectivity index (χ2v) is 5.80. The first-order chi connectivity index (χ1) is 8.33. The minimum atomic E-state index is -0.248. The lowest BCUT2D eigenvalue weighted by Crippen LogP contribution is -2.40. The third kappa shape index (κ3) is 4.53. The van der Waals surface area contributed by atoms with E-state index in [9.17, 15) is 4.79 Å². The molecule has 0 radical (unpaired) electrons. The molecule has 0 aliphatic heterocycles. The third-order valence-electron chi connectivity index (χ3n) is 2.04. The summed E-state index contributed by atoms with van der Waals surface area (Å²) in [7, 11) is 0. The summed E-state index contributed by atoms with van der Waals surface area (Å²) < 4.78 is 6.18. The number of hydrogen-bond acceptors (Lipinski definition) is 2. The van der Waals surface area contributed by atoms with E-state index in [1.54, 1.807) is 24.3 Å². The molecule has 0 bridgehead atoms. The monoisotopic (exact) mass is 311 g/mol. The van der Waals surface area contributed by atoms with Crippen LogP contribution in [0.2, 0.25) is 0 Å². The number of nitrogens with one attached hydrogen (secondary N) is 1. The number of rotatable bonds is 4. The lowest BCUT2D eigenvalue weighted by atomic mass is 10.1. The standard InChI is InChI=1S/C14H18BrNO2/c1-5-8-18-12-7-6-10(9-11(12)15)13(17)16-14(2,3)4/h5-7,9H,1,8H2,2-4H3,(H,16,17). The van der Waals surface area contributed by atoms with Gasteiger partial charge in [-0.25, -0.2) is 0 Å². The number of carbonyl (C=O) groups is 1. The smallest absolute Gasteiger partial charge is 0.251 e. The van der Waals surface area contributed by atoms with Crippen LogP contribution in [0.3, 0.4) is 0 Å². The SMILES string of the molecule is C=CCOc1ccc(C(=O)NC(C)(C)C)cc1Br. The fourth-order valence-electron chi connectivity index (χ4n) is 1.32. The zero-order valence-corrected chi connectivity index (χ0v) is 12.5. The molecule has 1 rings (SSSR count). The van der Waals surface area contributed by atoms with Crippen molar-refractivity contribution in [2.75, 3.05) is 6.61 Å². The lowest BCUT2D eigenvalue weighted by Gasteiger charge is -2.20. The van der Waals surface area contributed by atoms with Crippen LogP contribution in [0.15, 0.2) is 35.3 Å². The topological polar surface area (TPSA) is 38.3 Å². The zero-order chi connectivity index (χ0) is 13.8. The Hall–Kier alpha value is -1.29. The van der Waals surface area contributed by atoms with Crippen molar-refractivity contribution in [2.45, 2.75) is 26.3 Å². The van der Waals surface area contributed by atoms with Gasteiger partial charge in [0.25, 0.3) is 5.91 Å². The zero-order valence-electron chi connectivity index (χ0n) is 10.9. The van der Waals surface area contributed by atoms with Crippen molar-refractivity contribution >= 4 is 21.8 Å². The van der Waals surface area contributed by atoms with Gasteiger partial charge in [0.15, 0.2) is 0 Å². The summed E-state index contributed by atoms with van der Waals surface area (Å²) in [5.74, 6) is 0.598. The minimum absolute atomic E-state index is 0.0986. The molecule has 1 aromatic rings. The summed E-state index contributed by atoms with van der Waals surface area (Å²) in [6.45, 7) is 9.86. The van der Waals surface area contributed by atoms with Gasteiger partial charge in [-0.1, -0.05) is 12.7 Å². The molecule has 1 aromatic carbocycles. The van der Waals surface area contributed by atoms with Gasteiger partial charge in [0.2, 0.25) is 0 Å². The van der Waals surface area contributed by atoms with Crippen LogP contribution in [-0.4, -0.2) is 18.1 Å². The number of carbonyl (C=O) groups excluding carboxylic acids is 1. The van der Waals surface area contributed by atoms with Crippen LogP contribution < -0.4 is 10.1 Å². The van der Waals surface area contributed by atoms with Crippen molar-refractivity contribution in [2.24, 2.45) is 0 Å². The molecule has 0 unspecified atom stereocenters. The quantitative estimate of drug-likeness (QED) is 0.864. The highest BCUT2D eigenvalue weighted by Crippen LogP contribution is 2.26. The molecule has 0 spiro atoms. The third-order valence-corrected chi connectivity index (χ3v) is 2.66. The van der Waals surface area contributed by atoms with E-state index in [-0.39, 0.29) is 11.4 Å². The molecule has 18 heavy (non-hydrogen) atoms. The number of halogens is 1. The summed E-state index contributed by atoms with van der Waals surface area (Å²) in [5, 5.41) is 2.91. The molecule has 3 nitrogen and oxygen atoms in total. The predicted octanol–water partition coefficient (Wildman–Crippen LogP) is 3.54. The van der Waals surface area contributed by atoms with E-state index >= 15 is 0 Å². The Balaban J connectivity index is 2.83. The van der Waals surface area contributed by atoms with Crippen molar-refractivity contribution in [1.82, 2.24) is 5.32 Å². The van der Waals surface area contributed by atoms with Gasteiger partial charge in [-0.05, 0) is 54.9 Å². The number of amides is 1. The van der Waals surface area contributed by atoms with Gasteiger partial charge in [-0.3, -0.25) is 4.79 Å². The maximum absolute atomic E-state index is 11.9. The van der Waals surface area contributed by atoms with E-state index in [1.165, 1.54) is 0 Å². The Morgan fingerprint density at radius 1 is 1.50 bits per heavy atom. The average Bonchev–Trinajstić information content (AvgIpc) is 2.25. The van der Waals surface area contributed by atoms with Gasteiger partial charge in [0.1, 0.15) is 12.4 Å². The molecule has 0 heterocycles. The van der Waals surface area contributed by atoms with Crippen molar-refractivity contribution in [3.05, 3.63) is 40.9 Å². The van der Waals surface area contributed by atoms with E-state index in [0.717, 1.165) is 4.47 Å². The van der Waals surface area contributed by atoms with Gasteiger partial charge in [-0.15, -0.1) is 0 Å². The largest absolute Gasteiger partial charge is 0.488 e. The summed E-state index contributed by atoms with van der Waals surface area (Å²) in [5.41, 5.74) is 0.351. The molecule has 1 amide bonds. The van der Waals surface area contributed by atoms with Gasteiger partial charge in [-0.2, -0.15) is 0 Å². The Kier molecular flexibility index (Phi) is 4.96. The number of hydrogen-bond donors (Lipinski definition) is 1. The number of benzene rings is 1. The normalized spacial score (nSPS) is 10.9. The molecule has 0 saturated carbocycles. The maximum atomic E-state index is 11.9. The fourth-order valence-corrected chi connectivity index (χ4v) is 1.81. The predicted molar refractivity (Wildman–Crippen MR) is 77.1 cm³/mol. The fraction of sp³-hybridized carbons (Fsp3) is 0.357. The first-order valence-electron chi connectivity index (χ1n) is 5.69. The molecule has 98 valence electrons.